The molecule has 1 aromatic heterocycles. The third kappa shape index (κ3) is 4.27. The van der Waals surface area contributed by atoms with Crippen LogP contribution in [-0.2, 0) is 40.0 Å². The fourth-order valence-electron chi connectivity index (χ4n) is 5.94. The standard InChI is InChI=1S/C27H30O9/c1-17(22(29)30)6-4-11-25(3)21-10-13-26(24(32)36-25)12-8-19(9-14-27(21,26)35-18(2)28)23(31)34-16-20-7-5-15-33-20/h4-8,11,15,21H,9-10,12-14,16H2,1-3H3,(H,29,30)/b11-4+,17-6+/t21-,25+,26+,27-/m0/s1. The van der Waals surface area contributed by atoms with Gasteiger partial charge in [-0.05, 0) is 64.2 Å². The van der Waals surface area contributed by atoms with Gasteiger partial charge in [-0.2, -0.15) is 0 Å². The van der Waals surface area contributed by atoms with Crippen molar-refractivity contribution in [3.63, 3.8) is 0 Å². The van der Waals surface area contributed by atoms with Gasteiger partial charge in [0, 0.05) is 24.0 Å². The lowest BCUT2D eigenvalue weighted by atomic mass is 9.62. The summed E-state index contributed by atoms with van der Waals surface area (Å²) in [5, 5.41) is 9.12. The van der Waals surface area contributed by atoms with Crippen molar-refractivity contribution in [1.82, 2.24) is 0 Å². The van der Waals surface area contributed by atoms with Gasteiger partial charge in [-0.25, -0.2) is 9.59 Å². The van der Waals surface area contributed by atoms with Gasteiger partial charge < -0.3 is 23.7 Å². The molecule has 36 heavy (non-hydrogen) atoms. The van der Waals surface area contributed by atoms with Crippen molar-refractivity contribution in [3.05, 3.63) is 59.6 Å². The highest BCUT2D eigenvalue weighted by Gasteiger charge is 2.74. The van der Waals surface area contributed by atoms with Crippen molar-refractivity contribution in [3.8, 4) is 0 Å². The molecule has 0 amide bonds. The molecule has 2 heterocycles. The van der Waals surface area contributed by atoms with Gasteiger partial charge in [-0.3, -0.25) is 9.59 Å². The van der Waals surface area contributed by atoms with E-state index in [4.69, 9.17) is 23.7 Å². The maximum Gasteiger partial charge on any atom is 0.334 e. The van der Waals surface area contributed by atoms with Gasteiger partial charge in [0.15, 0.2) is 0 Å². The van der Waals surface area contributed by atoms with Gasteiger partial charge >= 0.3 is 23.9 Å². The first-order valence-corrected chi connectivity index (χ1v) is 11.9. The Hall–Kier alpha value is -3.62. The predicted octanol–water partition coefficient (Wildman–Crippen LogP) is 4.03. The van der Waals surface area contributed by atoms with E-state index < -0.39 is 40.5 Å². The minimum Gasteiger partial charge on any atom is -0.478 e. The number of aliphatic carboxylic acids is 1. The fourth-order valence-corrected chi connectivity index (χ4v) is 5.94. The maximum absolute atomic E-state index is 13.6. The van der Waals surface area contributed by atoms with Crippen LogP contribution >= 0.6 is 0 Å². The van der Waals surface area contributed by atoms with E-state index in [-0.39, 0.29) is 37.4 Å². The van der Waals surface area contributed by atoms with E-state index >= 15 is 0 Å². The molecule has 2 bridgehead atoms. The average molecular weight is 499 g/mol. The minimum absolute atomic E-state index is 0.0137. The second kappa shape index (κ2) is 9.44. The van der Waals surface area contributed by atoms with Gasteiger partial charge in [0.2, 0.25) is 0 Å². The number of allylic oxidation sites excluding steroid dienone is 3. The summed E-state index contributed by atoms with van der Waals surface area (Å²) in [6.07, 6.45) is 9.52. The van der Waals surface area contributed by atoms with Crippen LogP contribution < -0.4 is 0 Å². The van der Waals surface area contributed by atoms with Crippen LogP contribution in [0, 0.1) is 11.3 Å². The zero-order chi connectivity index (χ0) is 26.1. The molecule has 0 spiro atoms. The van der Waals surface area contributed by atoms with E-state index in [1.807, 2.05) is 0 Å². The summed E-state index contributed by atoms with van der Waals surface area (Å²) in [4.78, 5) is 49.9. The van der Waals surface area contributed by atoms with Crippen LogP contribution in [0.15, 0.2) is 58.3 Å². The third-order valence-corrected chi connectivity index (χ3v) is 7.72. The van der Waals surface area contributed by atoms with Gasteiger partial charge in [0.25, 0.3) is 0 Å². The SMILES string of the molecule is CC(=O)O[C@]12CCC(C(=O)OCc3ccco3)=CC[C@]13CC[C@H]2[C@@](C)(/C=C/C=C(\C)C(=O)O)OC3=O. The minimum atomic E-state index is -1.18. The Morgan fingerprint density at radius 3 is 2.69 bits per heavy atom. The zero-order valence-corrected chi connectivity index (χ0v) is 20.6. The van der Waals surface area contributed by atoms with Crippen molar-refractivity contribution in [2.45, 2.75) is 70.7 Å². The Labute approximate surface area is 208 Å². The van der Waals surface area contributed by atoms with Gasteiger partial charge in [-0.1, -0.05) is 18.2 Å². The maximum atomic E-state index is 13.6. The van der Waals surface area contributed by atoms with E-state index in [1.165, 1.54) is 26.2 Å². The van der Waals surface area contributed by atoms with Gasteiger partial charge in [-0.15, -0.1) is 0 Å². The topological polar surface area (TPSA) is 129 Å². The molecule has 1 aliphatic heterocycles. The van der Waals surface area contributed by atoms with E-state index in [9.17, 15) is 19.2 Å². The highest BCUT2D eigenvalue weighted by molar-refractivity contribution is 5.90. The number of ether oxygens (including phenoxy) is 3. The van der Waals surface area contributed by atoms with Gasteiger partial charge in [0.1, 0.15) is 29.0 Å². The Kier molecular flexibility index (Phi) is 6.68. The molecule has 4 rings (SSSR count). The summed E-state index contributed by atoms with van der Waals surface area (Å²) in [5.74, 6) is -2.45. The predicted molar refractivity (Wildman–Crippen MR) is 125 cm³/mol. The first kappa shape index (κ1) is 25.5. The summed E-state index contributed by atoms with van der Waals surface area (Å²) in [6.45, 7) is 4.50. The molecule has 192 valence electrons. The first-order chi connectivity index (χ1) is 17.0. The molecule has 1 saturated carbocycles. The van der Waals surface area contributed by atoms with Crippen molar-refractivity contribution in [2.75, 3.05) is 0 Å². The van der Waals surface area contributed by atoms with Gasteiger partial charge in [0.05, 0.1) is 6.26 Å². The lowest BCUT2D eigenvalue weighted by molar-refractivity contribution is -0.235. The summed E-state index contributed by atoms with van der Waals surface area (Å²) in [6, 6.07) is 3.40. The first-order valence-electron chi connectivity index (χ1n) is 11.9. The second-order valence-electron chi connectivity index (χ2n) is 9.83. The van der Waals surface area contributed by atoms with Crippen molar-refractivity contribution in [1.29, 1.82) is 0 Å². The number of cyclic esters (lactones) is 1. The molecule has 1 aromatic rings. The third-order valence-electron chi connectivity index (χ3n) is 7.72. The number of carboxylic acids is 1. The second-order valence-corrected chi connectivity index (χ2v) is 9.83. The molecular formula is C27H30O9. The fraction of sp³-hybridized carbons (Fsp3) is 0.481. The van der Waals surface area contributed by atoms with E-state index in [0.717, 1.165) is 0 Å². The largest absolute Gasteiger partial charge is 0.478 e. The molecule has 0 radical (unpaired) electrons. The molecule has 2 fully saturated rings. The number of furan rings is 1. The van der Waals surface area contributed by atoms with Crippen molar-refractivity contribution >= 4 is 23.9 Å². The molecule has 9 nitrogen and oxygen atoms in total. The van der Waals surface area contributed by atoms with Crippen LogP contribution in [0.4, 0.5) is 0 Å². The molecular weight excluding hydrogens is 468 g/mol. The summed E-state index contributed by atoms with van der Waals surface area (Å²) in [5.41, 5.74) is -2.90. The Morgan fingerprint density at radius 1 is 1.25 bits per heavy atom. The Bertz CT molecular complexity index is 1160. The molecule has 1 saturated heterocycles. The van der Waals surface area contributed by atoms with E-state index in [2.05, 4.69) is 0 Å². The van der Waals surface area contributed by atoms with E-state index in [1.54, 1.807) is 37.3 Å². The zero-order valence-electron chi connectivity index (χ0n) is 20.6. The summed E-state index contributed by atoms with van der Waals surface area (Å²) in [7, 11) is 0. The van der Waals surface area contributed by atoms with Crippen molar-refractivity contribution < 1.29 is 42.9 Å². The quantitative estimate of drug-likeness (QED) is 0.256. The van der Waals surface area contributed by atoms with Crippen LogP contribution in [0.25, 0.3) is 0 Å². The van der Waals surface area contributed by atoms with Crippen molar-refractivity contribution in [2.24, 2.45) is 11.3 Å². The number of carbonyl (C=O) groups is 4. The molecule has 3 aliphatic rings. The normalized spacial score (nSPS) is 31.8. The average Bonchev–Trinajstić information content (AvgIpc) is 3.37. The Morgan fingerprint density at radius 2 is 2.03 bits per heavy atom. The van der Waals surface area contributed by atoms with Crippen LogP contribution in [-0.4, -0.2) is 40.2 Å². The molecule has 0 aromatic carbocycles. The molecule has 2 aliphatic carbocycles. The van der Waals surface area contributed by atoms with E-state index in [0.29, 0.717) is 24.2 Å². The molecule has 4 atom stereocenters. The number of hydrogen-bond acceptors (Lipinski definition) is 8. The number of carbonyl (C=O) groups excluding carboxylic acids is 3. The van der Waals surface area contributed by atoms with Crippen LogP contribution in [0.1, 0.15) is 58.6 Å². The number of rotatable bonds is 7. The van der Waals surface area contributed by atoms with Crippen LogP contribution in [0.3, 0.4) is 0 Å². The highest BCUT2D eigenvalue weighted by atomic mass is 16.6. The number of carboxylic acid groups (broad SMARTS) is 1. The van der Waals surface area contributed by atoms with Crippen LogP contribution in [0.5, 0.6) is 0 Å². The smallest absolute Gasteiger partial charge is 0.334 e. The summed E-state index contributed by atoms with van der Waals surface area (Å²) >= 11 is 0. The highest BCUT2D eigenvalue weighted by Crippen LogP contribution is 2.65. The lowest BCUT2D eigenvalue weighted by Crippen LogP contribution is -2.65. The van der Waals surface area contributed by atoms with Crippen LogP contribution in [0.2, 0.25) is 0 Å². The number of esters is 3. The lowest BCUT2D eigenvalue weighted by Gasteiger charge is -2.54. The number of hydrogen-bond donors (Lipinski definition) is 1. The molecule has 1 N–H and O–H groups in total. The Balaban J connectivity index is 1.65. The molecule has 9 heteroatoms. The summed E-state index contributed by atoms with van der Waals surface area (Å²) < 4.78 is 22.6. The monoisotopic (exact) mass is 498 g/mol. The molecule has 0 unspecified atom stereocenters.